The Hall–Kier alpha value is -1.13. The summed E-state index contributed by atoms with van der Waals surface area (Å²) in [5, 5.41) is 7.92. The van der Waals surface area contributed by atoms with Gasteiger partial charge >= 0.3 is 0 Å². The Kier molecular flexibility index (Phi) is 4.55. The van der Waals surface area contributed by atoms with Gasteiger partial charge in [0.1, 0.15) is 0 Å². The fourth-order valence-corrected chi connectivity index (χ4v) is 2.66. The van der Waals surface area contributed by atoms with Gasteiger partial charge in [-0.2, -0.15) is 5.10 Å². The Bertz CT molecular complexity index is 493. The van der Waals surface area contributed by atoms with Crippen molar-refractivity contribution >= 4 is 15.9 Å². The molecule has 0 spiro atoms. The van der Waals surface area contributed by atoms with E-state index in [1.807, 2.05) is 16.9 Å². The Morgan fingerprint density at radius 3 is 2.61 bits per heavy atom. The second kappa shape index (κ2) is 6.16. The van der Waals surface area contributed by atoms with E-state index in [-0.39, 0.29) is 6.04 Å². The van der Waals surface area contributed by atoms with Crippen LogP contribution in [0.2, 0.25) is 0 Å². The monoisotopic (exact) mass is 307 g/mol. The zero-order valence-corrected chi connectivity index (χ0v) is 12.3. The zero-order valence-electron chi connectivity index (χ0n) is 10.7. The number of nitrogens with one attached hydrogen (secondary N) is 1. The number of rotatable bonds is 5. The highest BCUT2D eigenvalue weighted by Gasteiger charge is 2.20. The molecule has 1 unspecified atom stereocenters. The lowest BCUT2D eigenvalue weighted by Gasteiger charge is -2.20. The van der Waals surface area contributed by atoms with Gasteiger partial charge in [-0.25, -0.2) is 0 Å². The second-order valence-electron chi connectivity index (χ2n) is 4.09. The molecule has 3 nitrogen and oxygen atoms in total. The molecule has 0 saturated heterocycles. The van der Waals surface area contributed by atoms with Crippen molar-refractivity contribution in [3.05, 3.63) is 52.3 Å². The molecular formula is C14H18BrN3. The molecule has 0 aliphatic heterocycles. The van der Waals surface area contributed by atoms with Crippen molar-refractivity contribution in [2.24, 2.45) is 0 Å². The van der Waals surface area contributed by atoms with E-state index in [0.717, 1.165) is 17.6 Å². The first-order valence-electron chi connectivity index (χ1n) is 6.27. The third kappa shape index (κ3) is 2.65. The maximum atomic E-state index is 4.39. The van der Waals surface area contributed by atoms with Gasteiger partial charge in [0, 0.05) is 6.54 Å². The van der Waals surface area contributed by atoms with E-state index in [2.05, 4.69) is 64.5 Å². The highest BCUT2D eigenvalue weighted by atomic mass is 79.9. The van der Waals surface area contributed by atoms with Crippen LogP contribution < -0.4 is 5.32 Å². The minimum Gasteiger partial charge on any atom is -0.305 e. The van der Waals surface area contributed by atoms with E-state index in [4.69, 9.17) is 0 Å². The Labute approximate surface area is 116 Å². The topological polar surface area (TPSA) is 29.9 Å². The third-order valence-corrected chi connectivity index (χ3v) is 3.56. The molecule has 0 aliphatic rings. The van der Waals surface area contributed by atoms with Crippen molar-refractivity contribution in [3.63, 3.8) is 0 Å². The maximum Gasteiger partial charge on any atom is 0.0759 e. The second-order valence-corrected chi connectivity index (χ2v) is 4.95. The van der Waals surface area contributed by atoms with Crippen molar-refractivity contribution in [2.45, 2.75) is 26.4 Å². The van der Waals surface area contributed by atoms with Crippen molar-refractivity contribution < 1.29 is 0 Å². The molecule has 1 atom stereocenters. The van der Waals surface area contributed by atoms with Crippen molar-refractivity contribution in [1.82, 2.24) is 15.1 Å². The standard InChI is InChI=1S/C14H18BrN3/c1-3-16-13(11-8-6-5-7-9-11)14-12(15)10-17-18(14)4-2/h5-10,13,16H,3-4H2,1-2H3. The molecule has 18 heavy (non-hydrogen) atoms. The smallest absolute Gasteiger partial charge is 0.0759 e. The van der Waals surface area contributed by atoms with Crippen LogP contribution >= 0.6 is 15.9 Å². The van der Waals surface area contributed by atoms with E-state index in [0.29, 0.717) is 0 Å². The van der Waals surface area contributed by atoms with Crippen LogP contribution in [0.25, 0.3) is 0 Å². The Balaban J connectivity index is 2.44. The quantitative estimate of drug-likeness (QED) is 0.918. The van der Waals surface area contributed by atoms with Gasteiger partial charge in [-0.15, -0.1) is 0 Å². The molecule has 0 bridgehead atoms. The first kappa shape index (κ1) is 13.3. The van der Waals surface area contributed by atoms with E-state index in [1.54, 1.807) is 0 Å². The van der Waals surface area contributed by atoms with Crippen LogP contribution in [0.5, 0.6) is 0 Å². The van der Waals surface area contributed by atoms with E-state index in [9.17, 15) is 0 Å². The minimum absolute atomic E-state index is 0.174. The maximum absolute atomic E-state index is 4.39. The summed E-state index contributed by atoms with van der Waals surface area (Å²) >= 11 is 3.60. The third-order valence-electron chi connectivity index (χ3n) is 2.95. The molecule has 2 rings (SSSR count). The van der Waals surface area contributed by atoms with E-state index >= 15 is 0 Å². The van der Waals surface area contributed by atoms with Crippen LogP contribution in [0.4, 0.5) is 0 Å². The Morgan fingerprint density at radius 1 is 1.28 bits per heavy atom. The molecule has 1 N–H and O–H groups in total. The van der Waals surface area contributed by atoms with Crippen LogP contribution in [0.3, 0.4) is 0 Å². The fraction of sp³-hybridized carbons (Fsp3) is 0.357. The summed E-state index contributed by atoms with van der Waals surface area (Å²) in [4.78, 5) is 0. The van der Waals surface area contributed by atoms with Crippen molar-refractivity contribution in [3.8, 4) is 0 Å². The molecule has 1 aromatic heterocycles. The number of halogens is 1. The molecule has 96 valence electrons. The minimum atomic E-state index is 0.174. The summed E-state index contributed by atoms with van der Waals surface area (Å²) < 4.78 is 3.09. The summed E-state index contributed by atoms with van der Waals surface area (Å²) in [6.45, 7) is 6.02. The van der Waals surface area contributed by atoms with Crippen LogP contribution in [-0.4, -0.2) is 16.3 Å². The summed E-state index contributed by atoms with van der Waals surface area (Å²) in [5.41, 5.74) is 2.45. The lowest BCUT2D eigenvalue weighted by Crippen LogP contribution is -2.25. The molecule has 0 radical (unpaired) electrons. The van der Waals surface area contributed by atoms with Gasteiger partial charge < -0.3 is 5.32 Å². The average Bonchev–Trinajstić information content (AvgIpc) is 2.78. The predicted molar refractivity (Wildman–Crippen MR) is 77.6 cm³/mol. The zero-order chi connectivity index (χ0) is 13.0. The van der Waals surface area contributed by atoms with Gasteiger partial charge in [0.15, 0.2) is 0 Å². The summed E-state index contributed by atoms with van der Waals surface area (Å²) in [6, 6.07) is 10.6. The van der Waals surface area contributed by atoms with Gasteiger partial charge in [0.05, 0.1) is 22.4 Å². The highest BCUT2D eigenvalue weighted by molar-refractivity contribution is 9.10. The van der Waals surface area contributed by atoms with Crippen LogP contribution in [0.1, 0.15) is 31.1 Å². The molecule has 1 aromatic carbocycles. The molecule has 0 amide bonds. The first-order valence-corrected chi connectivity index (χ1v) is 7.06. The van der Waals surface area contributed by atoms with Crippen molar-refractivity contribution in [2.75, 3.05) is 6.54 Å². The van der Waals surface area contributed by atoms with Crippen LogP contribution in [0, 0.1) is 0 Å². The SMILES string of the molecule is CCNC(c1ccccc1)c1c(Br)cnn1CC. The van der Waals surface area contributed by atoms with Crippen LogP contribution in [-0.2, 0) is 6.54 Å². The van der Waals surface area contributed by atoms with Gasteiger partial charge in [-0.1, -0.05) is 37.3 Å². The normalized spacial score (nSPS) is 12.6. The van der Waals surface area contributed by atoms with Gasteiger partial charge in [0.25, 0.3) is 0 Å². The van der Waals surface area contributed by atoms with Crippen molar-refractivity contribution in [1.29, 1.82) is 0 Å². The predicted octanol–water partition coefficient (Wildman–Crippen LogP) is 3.36. The average molecular weight is 308 g/mol. The highest BCUT2D eigenvalue weighted by Crippen LogP contribution is 2.28. The van der Waals surface area contributed by atoms with E-state index < -0.39 is 0 Å². The largest absolute Gasteiger partial charge is 0.305 e. The van der Waals surface area contributed by atoms with Gasteiger partial charge in [-0.05, 0) is 35.0 Å². The summed E-state index contributed by atoms with van der Waals surface area (Å²) in [6.07, 6.45) is 1.87. The Morgan fingerprint density at radius 2 is 2.00 bits per heavy atom. The van der Waals surface area contributed by atoms with Crippen LogP contribution in [0.15, 0.2) is 41.0 Å². The van der Waals surface area contributed by atoms with E-state index in [1.165, 1.54) is 11.3 Å². The molecule has 0 fully saturated rings. The number of hydrogen-bond acceptors (Lipinski definition) is 2. The molecule has 2 aromatic rings. The number of nitrogens with zero attached hydrogens (tertiary/aromatic N) is 2. The van der Waals surface area contributed by atoms with Gasteiger partial charge in [0.2, 0.25) is 0 Å². The number of hydrogen-bond donors (Lipinski definition) is 1. The first-order chi connectivity index (χ1) is 8.77. The molecular weight excluding hydrogens is 290 g/mol. The molecule has 0 saturated carbocycles. The summed E-state index contributed by atoms with van der Waals surface area (Å²) in [7, 11) is 0. The fourth-order valence-electron chi connectivity index (χ4n) is 2.13. The van der Waals surface area contributed by atoms with Gasteiger partial charge in [-0.3, -0.25) is 4.68 Å². The molecule has 0 aliphatic carbocycles. The molecule has 4 heteroatoms. The number of aromatic nitrogens is 2. The number of benzene rings is 1. The lowest BCUT2D eigenvalue weighted by molar-refractivity contribution is 0.541. The molecule has 1 heterocycles. The number of aryl methyl sites for hydroxylation is 1. The lowest BCUT2D eigenvalue weighted by atomic mass is 10.0. The summed E-state index contributed by atoms with van der Waals surface area (Å²) in [5.74, 6) is 0.